The molecule has 138 valence electrons. The van der Waals surface area contributed by atoms with Gasteiger partial charge in [0, 0.05) is 22.6 Å². The van der Waals surface area contributed by atoms with Gasteiger partial charge in [-0.2, -0.15) is 5.10 Å². The van der Waals surface area contributed by atoms with Crippen molar-refractivity contribution in [3.8, 4) is 11.3 Å². The van der Waals surface area contributed by atoms with Crippen LogP contribution in [0.4, 0.5) is 4.39 Å². The van der Waals surface area contributed by atoms with Gasteiger partial charge in [0.05, 0.1) is 5.52 Å². The molecule has 3 aromatic carbocycles. The maximum atomic E-state index is 13.6. The van der Waals surface area contributed by atoms with Crippen LogP contribution in [-0.2, 0) is 12.8 Å². The molecule has 1 heterocycles. The van der Waals surface area contributed by atoms with Crippen molar-refractivity contribution < 1.29 is 9.18 Å². The second-order valence-corrected chi connectivity index (χ2v) is 7.19. The van der Waals surface area contributed by atoms with Crippen LogP contribution in [0.1, 0.15) is 21.5 Å². The molecule has 2 N–H and O–H groups in total. The van der Waals surface area contributed by atoms with Crippen molar-refractivity contribution in [2.75, 3.05) is 0 Å². The van der Waals surface area contributed by atoms with Gasteiger partial charge in [-0.3, -0.25) is 9.89 Å². The average Bonchev–Trinajstić information content (AvgIpc) is 3.30. The summed E-state index contributed by atoms with van der Waals surface area (Å²) in [5, 5.41) is 11.2. The predicted octanol–water partition coefficient (Wildman–Crippen LogP) is 4.27. The minimum Gasteiger partial charge on any atom is -0.349 e. The van der Waals surface area contributed by atoms with E-state index in [0.717, 1.165) is 23.7 Å². The third-order valence-electron chi connectivity index (χ3n) is 5.31. The average molecular weight is 371 g/mol. The van der Waals surface area contributed by atoms with E-state index in [2.05, 4.69) is 27.6 Å². The van der Waals surface area contributed by atoms with Gasteiger partial charge in [-0.15, -0.1) is 0 Å². The van der Waals surface area contributed by atoms with E-state index >= 15 is 0 Å². The lowest BCUT2D eigenvalue weighted by atomic mass is 10.0. The van der Waals surface area contributed by atoms with Crippen molar-refractivity contribution in [1.29, 1.82) is 0 Å². The molecule has 0 saturated heterocycles. The summed E-state index contributed by atoms with van der Waals surface area (Å²) in [4.78, 5) is 12.8. The zero-order valence-electron chi connectivity index (χ0n) is 15.1. The molecule has 0 unspecified atom stereocenters. The van der Waals surface area contributed by atoms with Gasteiger partial charge >= 0.3 is 0 Å². The molecule has 1 aromatic heterocycles. The molecule has 0 spiro atoms. The summed E-state index contributed by atoms with van der Waals surface area (Å²) < 4.78 is 13.6. The molecule has 0 radical (unpaired) electrons. The van der Waals surface area contributed by atoms with Crippen LogP contribution in [0.2, 0.25) is 0 Å². The van der Waals surface area contributed by atoms with E-state index in [9.17, 15) is 9.18 Å². The first-order valence-corrected chi connectivity index (χ1v) is 9.29. The fraction of sp³-hybridized carbons (Fsp3) is 0.130. The minimum atomic E-state index is -0.316. The Morgan fingerprint density at radius 2 is 1.79 bits per heavy atom. The van der Waals surface area contributed by atoms with Crippen molar-refractivity contribution in [2.24, 2.45) is 0 Å². The van der Waals surface area contributed by atoms with E-state index in [1.165, 1.54) is 23.3 Å². The maximum Gasteiger partial charge on any atom is 0.251 e. The first-order valence-electron chi connectivity index (χ1n) is 9.29. The molecule has 28 heavy (non-hydrogen) atoms. The van der Waals surface area contributed by atoms with Gasteiger partial charge in [0.25, 0.3) is 5.91 Å². The Morgan fingerprint density at radius 3 is 2.54 bits per heavy atom. The Morgan fingerprint density at radius 1 is 1.00 bits per heavy atom. The van der Waals surface area contributed by atoms with Crippen LogP contribution < -0.4 is 5.32 Å². The van der Waals surface area contributed by atoms with Gasteiger partial charge in [-0.05, 0) is 54.3 Å². The van der Waals surface area contributed by atoms with E-state index in [-0.39, 0.29) is 17.8 Å². The zero-order chi connectivity index (χ0) is 19.1. The van der Waals surface area contributed by atoms with E-state index in [0.29, 0.717) is 16.8 Å². The number of H-pyrrole nitrogens is 1. The standard InChI is InChI=1S/C23H18FN3O/c24-18-7-3-6-16(10-18)22-20-13-17(8-9-21(20)26-27-22)23(28)25-19-11-14-4-1-2-5-15(14)12-19/h1-10,13,19H,11-12H2,(H,25,28)(H,26,27). The Bertz CT molecular complexity index is 1170. The number of carbonyl (C=O) groups excluding carboxylic acids is 1. The summed E-state index contributed by atoms with van der Waals surface area (Å²) in [6.07, 6.45) is 1.70. The van der Waals surface area contributed by atoms with Crippen molar-refractivity contribution >= 4 is 16.8 Å². The van der Waals surface area contributed by atoms with Gasteiger partial charge in [0.2, 0.25) is 0 Å². The monoisotopic (exact) mass is 371 g/mol. The molecular weight excluding hydrogens is 353 g/mol. The van der Waals surface area contributed by atoms with Crippen LogP contribution in [0.25, 0.3) is 22.2 Å². The first kappa shape index (κ1) is 16.7. The molecule has 1 aliphatic carbocycles. The van der Waals surface area contributed by atoms with Gasteiger partial charge in [-0.1, -0.05) is 36.4 Å². The number of amides is 1. The summed E-state index contributed by atoms with van der Waals surface area (Å²) in [6, 6.07) is 20.1. The number of aromatic nitrogens is 2. The van der Waals surface area contributed by atoms with Crippen molar-refractivity contribution in [3.63, 3.8) is 0 Å². The number of fused-ring (bicyclic) bond motifs is 2. The molecule has 1 aliphatic rings. The number of benzene rings is 3. The molecule has 0 fully saturated rings. The number of halogens is 1. The summed E-state index contributed by atoms with van der Waals surface area (Å²) in [6.45, 7) is 0. The van der Waals surface area contributed by atoms with Crippen LogP contribution >= 0.6 is 0 Å². The van der Waals surface area contributed by atoms with Gasteiger partial charge in [0.1, 0.15) is 11.5 Å². The predicted molar refractivity (Wildman–Crippen MR) is 107 cm³/mol. The van der Waals surface area contributed by atoms with Crippen LogP contribution in [0.5, 0.6) is 0 Å². The van der Waals surface area contributed by atoms with Gasteiger partial charge < -0.3 is 5.32 Å². The number of aromatic amines is 1. The van der Waals surface area contributed by atoms with Crippen LogP contribution in [0, 0.1) is 5.82 Å². The Balaban J connectivity index is 1.42. The summed E-state index contributed by atoms with van der Waals surface area (Å²) in [5.41, 5.74) is 5.29. The fourth-order valence-corrected chi connectivity index (χ4v) is 3.94. The summed E-state index contributed by atoms with van der Waals surface area (Å²) >= 11 is 0. The smallest absolute Gasteiger partial charge is 0.251 e. The quantitative estimate of drug-likeness (QED) is 0.565. The minimum absolute atomic E-state index is 0.104. The van der Waals surface area contributed by atoms with E-state index in [1.807, 2.05) is 24.3 Å². The van der Waals surface area contributed by atoms with Crippen molar-refractivity contribution in [1.82, 2.24) is 15.5 Å². The van der Waals surface area contributed by atoms with Crippen molar-refractivity contribution in [2.45, 2.75) is 18.9 Å². The first-order chi connectivity index (χ1) is 13.7. The van der Waals surface area contributed by atoms with Gasteiger partial charge in [-0.25, -0.2) is 4.39 Å². The van der Waals surface area contributed by atoms with E-state index < -0.39 is 0 Å². The van der Waals surface area contributed by atoms with Crippen LogP contribution in [0.15, 0.2) is 66.7 Å². The Kier molecular flexibility index (Phi) is 3.93. The van der Waals surface area contributed by atoms with E-state index in [4.69, 9.17) is 0 Å². The second-order valence-electron chi connectivity index (χ2n) is 7.19. The maximum absolute atomic E-state index is 13.6. The molecule has 4 aromatic rings. The van der Waals surface area contributed by atoms with E-state index in [1.54, 1.807) is 18.2 Å². The highest BCUT2D eigenvalue weighted by Crippen LogP contribution is 2.28. The molecule has 0 bridgehead atoms. The molecular formula is C23H18FN3O. The highest BCUT2D eigenvalue weighted by Gasteiger charge is 2.23. The molecule has 5 rings (SSSR count). The fourth-order valence-electron chi connectivity index (χ4n) is 3.94. The molecule has 5 heteroatoms. The third kappa shape index (κ3) is 2.95. The number of rotatable bonds is 3. The Hall–Kier alpha value is -3.47. The highest BCUT2D eigenvalue weighted by molar-refractivity contribution is 6.01. The van der Waals surface area contributed by atoms with Crippen LogP contribution in [0.3, 0.4) is 0 Å². The normalized spacial score (nSPS) is 13.6. The number of nitrogens with one attached hydrogen (secondary N) is 2. The van der Waals surface area contributed by atoms with Crippen LogP contribution in [-0.4, -0.2) is 22.1 Å². The number of hydrogen-bond donors (Lipinski definition) is 2. The molecule has 1 amide bonds. The lowest BCUT2D eigenvalue weighted by molar-refractivity contribution is 0.0938. The highest BCUT2D eigenvalue weighted by atomic mass is 19.1. The molecule has 0 saturated carbocycles. The number of hydrogen-bond acceptors (Lipinski definition) is 2. The second kappa shape index (κ2) is 6.60. The SMILES string of the molecule is O=C(NC1Cc2ccccc2C1)c1ccc2[nH]nc(-c3cccc(F)c3)c2c1. The largest absolute Gasteiger partial charge is 0.349 e. The summed E-state index contributed by atoms with van der Waals surface area (Å²) in [7, 11) is 0. The van der Waals surface area contributed by atoms with Crippen molar-refractivity contribution in [3.05, 3.63) is 89.2 Å². The lowest BCUT2D eigenvalue weighted by Crippen LogP contribution is -2.35. The topological polar surface area (TPSA) is 57.8 Å². The third-order valence-corrected chi connectivity index (χ3v) is 5.31. The molecule has 4 nitrogen and oxygen atoms in total. The molecule has 0 aliphatic heterocycles. The molecule has 0 atom stereocenters. The van der Waals surface area contributed by atoms with Gasteiger partial charge in [0.15, 0.2) is 0 Å². The Labute approximate surface area is 161 Å². The lowest BCUT2D eigenvalue weighted by Gasteiger charge is -2.12. The number of carbonyl (C=O) groups is 1. The zero-order valence-corrected chi connectivity index (χ0v) is 15.1. The number of nitrogens with zero attached hydrogens (tertiary/aromatic N) is 1. The summed E-state index contributed by atoms with van der Waals surface area (Å²) in [5.74, 6) is -0.422.